The average molecular weight is 516 g/mol. The Bertz CT molecular complexity index is 937. The van der Waals surface area contributed by atoms with Crippen LogP contribution in [0, 0.1) is 11.8 Å². The molecule has 1 heterocycles. The molecule has 2 aliphatic rings. The van der Waals surface area contributed by atoms with Gasteiger partial charge >= 0.3 is 0 Å². The summed E-state index contributed by atoms with van der Waals surface area (Å²) in [6.07, 6.45) is 15.6. The molecule has 2 aliphatic carbocycles. The van der Waals surface area contributed by atoms with E-state index in [0.29, 0.717) is 17.7 Å². The lowest BCUT2D eigenvalue weighted by Gasteiger charge is -2.32. The van der Waals surface area contributed by atoms with E-state index in [-0.39, 0.29) is 23.2 Å². The normalized spacial score (nSPS) is 19.2. The second-order valence-electron chi connectivity index (χ2n) is 13.4. The van der Waals surface area contributed by atoms with Crippen molar-refractivity contribution in [3.8, 4) is 17.0 Å². The summed E-state index contributed by atoms with van der Waals surface area (Å²) in [6.45, 7) is 14.1. The predicted octanol–water partition coefficient (Wildman–Crippen LogP) is 8.59. The number of nitrogens with zero attached hydrogens (tertiary/aromatic N) is 1. The van der Waals surface area contributed by atoms with Gasteiger partial charge in [0.25, 0.3) is 0 Å². The maximum Gasteiger partial charge on any atom is 0.123 e. The van der Waals surface area contributed by atoms with Gasteiger partial charge in [-0.25, -0.2) is 4.98 Å². The first-order chi connectivity index (χ1) is 16.5. The number of imidazole rings is 1. The minimum absolute atomic E-state index is 0. The molecule has 0 spiro atoms. The highest BCUT2D eigenvalue weighted by atomic mass is 35.5. The molecular formula is C31H50ClN3O. The number of rotatable bonds is 6. The number of hydrogen-bond donors (Lipinski definition) is 3. The lowest BCUT2D eigenvalue weighted by molar-refractivity contribution is 0.242. The van der Waals surface area contributed by atoms with Gasteiger partial charge in [0.15, 0.2) is 0 Å². The smallest absolute Gasteiger partial charge is 0.123 e. The highest BCUT2D eigenvalue weighted by Gasteiger charge is 2.30. The molecule has 4 rings (SSSR count). The first-order valence-electron chi connectivity index (χ1n) is 14.2. The summed E-state index contributed by atoms with van der Waals surface area (Å²) >= 11 is 0. The third-order valence-corrected chi connectivity index (χ3v) is 8.40. The Morgan fingerprint density at radius 2 is 1.42 bits per heavy atom. The van der Waals surface area contributed by atoms with E-state index in [0.717, 1.165) is 40.7 Å². The van der Waals surface area contributed by atoms with Crippen LogP contribution in [0.2, 0.25) is 0 Å². The van der Waals surface area contributed by atoms with E-state index < -0.39 is 0 Å². The number of phenols is 1. The highest BCUT2D eigenvalue weighted by Crippen LogP contribution is 2.42. The summed E-state index contributed by atoms with van der Waals surface area (Å²) in [4.78, 5) is 8.69. The minimum atomic E-state index is -0.144. The summed E-state index contributed by atoms with van der Waals surface area (Å²) in [5.41, 5.74) is 3.87. The zero-order valence-electron chi connectivity index (χ0n) is 23.5. The van der Waals surface area contributed by atoms with E-state index >= 15 is 0 Å². The van der Waals surface area contributed by atoms with Crippen LogP contribution in [0.5, 0.6) is 5.75 Å². The van der Waals surface area contributed by atoms with Crippen LogP contribution in [0.4, 0.5) is 0 Å². The number of aromatic amines is 1. The van der Waals surface area contributed by atoms with E-state index in [2.05, 4.69) is 64.0 Å². The Labute approximate surface area is 225 Å². The van der Waals surface area contributed by atoms with Gasteiger partial charge in [0, 0.05) is 16.7 Å². The molecule has 1 aromatic heterocycles. The molecule has 0 saturated heterocycles. The van der Waals surface area contributed by atoms with Crippen molar-refractivity contribution in [1.82, 2.24) is 15.3 Å². The topological polar surface area (TPSA) is 60.9 Å². The number of halogens is 1. The number of nitrogens with one attached hydrogen (secondary N) is 2. The van der Waals surface area contributed by atoms with Crippen LogP contribution >= 0.6 is 12.4 Å². The van der Waals surface area contributed by atoms with Gasteiger partial charge in [-0.1, -0.05) is 80.1 Å². The van der Waals surface area contributed by atoms with Crippen molar-refractivity contribution in [2.45, 2.75) is 123 Å². The molecule has 2 saturated carbocycles. The third kappa shape index (κ3) is 6.86. The average Bonchev–Trinajstić information content (AvgIpc) is 3.29. The molecule has 0 aliphatic heterocycles. The van der Waals surface area contributed by atoms with Gasteiger partial charge in [-0.05, 0) is 67.0 Å². The minimum Gasteiger partial charge on any atom is -0.507 e. The Balaban J connectivity index is 0.00000361. The number of phenolic OH excluding ortho intramolecular Hbond substituents is 1. The third-order valence-electron chi connectivity index (χ3n) is 8.40. The van der Waals surface area contributed by atoms with Crippen LogP contribution in [0.15, 0.2) is 18.3 Å². The van der Waals surface area contributed by atoms with Gasteiger partial charge in [-0.3, -0.25) is 0 Å². The molecule has 5 heteroatoms. The largest absolute Gasteiger partial charge is 0.507 e. The summed E-state index contributed by atoms with van der Waals surface area (Å²) in [5.74, 6) is 2.99. The fraction of sp³-hybridized carbons (Fsp3) is 0.710. The fourth-order valence-electron chi connectivity index (χ4n) is 6.21. The van der Waals surface area contributed by atoms with Gasteiger partial charge in [0.1, 0.15) is 11.6 Å². The summed E-state index contributed by atoms with van der Waals surface area (Å²) in [5, 5.41) is 15.1. The van der Waals surface area contributed by atoms with Crippen LogP contribution in [-0.2, 0) is 10.8 Å². The molecule has 4 nitrogen and oxygen atoms in total. The number of hydrogen-bond acceptors (Lipinski definition) is 3. The van der Waals surface area contributed by atoms with Crippen molar-refractivity contribution < 1.29 is 5.11 Å². The van der Waals surface area contributed by atoms with Crippen LogP contribution in [0.25, 0.3) is 11.3 Å². The van der Waals surface area contributed by atoms with Crippen LogP contribution in [0.1, 0.15) is 129 Å². The Morgan fingerprint density at radius 1 is 0.889 bits per heavy atom. The molecule has 3 N–H and O–H groups in total. The molecular weight excluding hydrogens is 466 g/mol. The van der Waals surface area contributed by atoms with E-state index in [1.54, 1.807) is 0 Å². The second kappa shape index (κ2) is 11.9. The lowest BCUT2D eigenvalue weighted by atomic mass is 9.78. The Kier molecular flexibility index (Phi) is 9.60. The molecule has 2 aromatic rings. The molecule has 0 unspecified atom stereocenters. The Hall–Kier alpha value is -1.52. The molecule has 36 heavy (non-hydrogen) atoms. The Morgan fingerprint density at radius 3 is 1.94 bits per heavy atom. The monoisotopic (exact) mass is 515 g/mol. The van der Waals surface area contributed by atoms with Crippen molar-refractivity contribution in [3.63, 3.8) is 0 Å². The van der Waals surface area contributed by atoms with E-state index in [4.69, 9.17) is 4.98 Å². The summed E-state index contributed by atoms with van der Waals surface area (Å²) in [7, 11) is 0. The van der Waals surface area contributed by atoms with Crippen LogP contribution in [0.3, 0.4) is 0 Å². The molecule has 1 atom stereocenters. The zero-order chi connectivity index (χ0) is 25.2. The van der Waals surface area contributed by atoms with Gasteiger partial charge in [-0.15, -0.1) is 12.4 Å². The SMILES string of the molecule is CC(C)(C)c1cc(-c2cnc([C@@H](NCC3CCCCC3)C3CCCCC3)[nH]2)cc(C(C)(C)C)c1O.Cl. The van der Waals surface area contributed by atoms with Crippen LogP contribution in [-0.4, -0.2) is 21.6 Å². The van der Waals surface area contributed by atoms with Crippen molar-refractivity contribution in [1.29, 1.82) is 0 Å². The highest BCUT2D eigenvalue weighted by molar-refractivity contribution is 5.85. The first kappa shape index (κ1) is 29.0. The van der Waals surface area contributed by atoms with Gasteiger partial charge in [0.05, 0.1) is 17.9 Å². The first-order valence-corrected chi connectivity index (χ1v) is 14.2. The van der Waals surface area contributed by atoms with Gasteiger partial charge < -0.3 is 15.4 Å². The van der Waals surface area contributed by atoms with Gasteiger partial charge in [0.2, 0.25) is 0 Å². The maximum absolute atomic E-state index is 11.2. The predicted molar refractivity (Wildman–Crippen MR) is 154 cm³/mol. The number of H-pyrrole nitrogens is 1. The molecule has 0 bridgehead atoms. The molecule has 202 valence electrons. The van der Waals surface area contributed by atoms with E-state index in [9.17, 15) is 5.11 Å². The summed E-state index contributed by atoms with van der Waals surface area (Å²) in [6, 6.07) is 4.62. The van der Waals surface area contributed by atoms with Crippen molar-refractivity contribution >= 4 is 12.4 Å². The second-order valence-corrected chi connectivity index (χ2v) is 13.4. The molecule has 1 aromatic carbocycles. The molecule has 0 amide bonds. The number of aromatic hydroxyl groups is 1. The zero-order valence-corrected chi connectivity index (χ0v) is 24.4. The van der Waals surface area contributed by atoms with Crippen molar-refractivity contribution in [2.24, 2.45) is 11.8 Å². The van der Waals surface area contributed by atoms with Crippen molar-refractivity contribution in [2.75, 3.05) is 6.54 Å². The van der Waals surface area contributed by atoms with Crippen LogP contribution < -0.4 is 5.32 Å². The lowest BCUT2D eigenvalue weighted by Crippen LogP contribution is -2.34. The molecule has 2 fully saturated rings. The maximum atomic E-state index is 11.2. The molecule has 0 radical (unpaired) electrons. The van der Waals surface area contributed by atoms with E-state index in [1.807, 2.05) is 6.20 Å². The number of benzene rings is 1. The number of aromatic nitrogens is 2. The quantitative estimate of drug-likeness (QED) is 0.361. The fourth-order valence-corrected chi connectivity index (χ4v) is 6.21. The van der Waals surface area contributed by atoms with E-state index in [1.165, 1.54) is 64.2 Å². The summed E-state index contributed by atoms with van der Waals surface area (Å²) < 4.78 is 0. The standard InChI is InChI=1S/C31H49N3O.ClH/c1-30(2,3)24-17-23(18-25(28(24)35)31(4,5)6)26-20-33-29(34-26)27(22-15-11-8-12-16-22)32-19-21-13-9-7-10-14-21;/h17-18,20-22,27,32,35H,7-16,19H2,1-6H3,(H,33,34);1H/t27-;/m0./s1. The van der Waals surface area contributed by atoms with Gasteiger partial charge in [-0.2, -0.15) is 0 Å². The van der Waals surface area contributed by atoms with Crippen molar-refractivity contribution in [3.05, 3.63) is 35.3 Å².